The molecule has 0 aromatic rings. The molecule has 0 rings (SSSR count). The van der Waals surface area contributed by atoms with Crippen molar-refractivity contribution in [3.8, 4) is 0 Å². The first-order chi connectivity index (χ1) is 13.1. The lowest BCUT2D eigenvalue weighted by molar-refractivity contribution is -0.877. The summed E-state index contributed by atoms with van der Waals surface area (Å²) in [6.45, 7) is 2.59. The van der Waals surface area contributed by atoms with Crippen molar-refractivity contribution in [2.24, 2.45) is 0 Å². The molecule has 5 heteroatoms. The molecule has 0 saturated carbocycles. The molecule has 0 aromatic carbocycles. The first-order valence-electron chi connectivity index (χ1n) is 11.2. The van der Waals surface area contributed by atoms with E-state index in [0.717, 1.165) is 25.7 Å². The van der Waals surface area contributed by atoms with Crippen LogP contribution in [0.2, 0.25) is 0 Å². The fourth-order valence-corrected chi connectivity index (χ4v) is 3.71. The summed E-state index contributed by atoms with van der Waals surface area (Å²) in [5.74, 6) is -0.996. The lowest BCUT2D eigenvalue weighted by Gasteiger charge is -2.35. The second-order valence-corrected chi connectivity index (χ2v) is 9.39. The molecule has 2 atom stereocenters. The molecule has 166 valence electrons. The summed E-state index contributed by atoms with van der Waals surface area (Å²) >= 11 is 0. The molecule has 0 bridgehead atoms. The quantitative estimate of drug-likeness (QED) is 0.180. The molecule has 0 saturated heterocycles. The Bertz CT molecular complexity index is 431. The Balaban J connectivity index is 3.93. The number of carboxylic acid groups (broad SMARTS) is 1. The standard InChI is InChI=1S/C23H45NO4/c1-5-6-7-8-9-10-11-12-13-14-15-16-21(25)17-18-23(28,19-22(26)27)20-24(2,3)4/h10-11,21,25,28H,5-9,12-20H2,1-4H3/p+1/b11-10-. The van der Waals surface area contributed by atoms with Crippen molar-refractivity contribution in [1.82, 2.24) is 0 Å². The van der Waals surface area contributed by atoms with Crippen molar-refractivity contribution in [2.75, 3.05) is 27.7 Å². The summed E-state index contributed by atoms with van der Waals surface area (Å²) in [5, 5.41) is 30.0. The number of likely N-dealkylation sites (N-methyl/N-ethyl adjacent to an activating group) is 1. The summed E-state index contributed by atoms with van der Waals surface area (Å²) in [7, 11) is 5.80. The predicted molar refractivity (Wildman–Crippen MR) is 116 cm³/mol. The highest BCUT2D eigenvalue weighted by atomic mass is 16.4. The van der Waals surface area contributed by atoms with E-state index in [9.17, 15) is 15.0 Å². The third-order valence-corrected chi connectivity index (χ3v) is 4.99. The Hall–Kier alpha value is -0.910. The number of carbonyl (C=O) groups is 1. The van der Waals surface area contributed by atoms with Crippen molar-refractivity contribution in [3.63, 3.8) is 0 Å². The lowest BCUT2D eigenvalue weighted by atomic mass is 9.90. The zero-order valence-electron chi connectivity index (χ0n) is 18.8. The fourth-order valence-electron chi connectivity index (χ4n) is 3.71. The summed E-state index contributed by atoms with van der Waals surface area (Å²) < 4.78 is 0.492. The highest BCUT2D eigenvalue weighted by Gasteiger charge is 2.36. The summed E-state index contributed by atoms with van der Waals surface area (Å²) in [6, 6.07) is 0. The van der Waals surface area contributed by atoms with Crippen LogP contribution in [0.1, 0.15) is 90.4 Å². The van der Waals surface area contributed by atoms with Crippen LogP contribution in [-0.4, -0.2) is 65.2 Å². The Morgan fingerprint density at radius 3 is 2.04 bits per heavy atom. The first kappa shape index (κ1) is 27.1. The van der Waals surface area contributed by atoms with Gasteiger partial charge in [0.25, 0.3) is 0 Å². The summed E-state index contributed by atoms with van der Waals surface area (Å²) in [5.41, 5.74) is -1.27. The molecule has 0 spiro atoms. The molecule has 0 aromatic heterocycles. The monoisotopic (exact) mass is 400 g/mol. The van der Waals surface area contributed by atoms with Gasteiger partial charge in [-0.05, 0) is 44.9 Å². The molecule has 0 aliphatic rings. The highest BCUT2D eigenvalue weighted by molar-refractivity contribution is 5.68. The number of aliphatic carboxylic acids is 1. The van der Waals surface area contributed by atoms with Gasteiger partial charge < -0.3 is 19.8 Å². The van der Waals surface area contributed by atoms with Crippen LogP contribution in [0, 0.1) is 0 Å². The molecule has 3 N–H and O–H groups in total. The van der Waals surface area contributed by atoms with E-state index in [1.165, 1.54) is 32.1 Å². The first-order valence-corrected chi connectivity index (χ1v) is 11.2. The third-order valence-electron chi connectivity index (χ3n) is 4.99. The van der Waals surface area contributed by atoms with Crippen LogP contribution in [0.3, 0.4) is 0 Å². The molecule has 2 unspecified atom stereocenters. The number of rotatable bonds is 18. The minimum absolute atomic E-state index is 0.278. The minimum atomic E-state index is -1.27. The third kappa shape index (κ3) is 17.2. The largest absolute Gasteiger partial charge is 0.481 e. The second kappa shape index (κ2) is 15.0. The predicted octanol–water partition coefficient (Wildman–Crippen LogP) is 4.52. The molecule has 28 heavy (non-hydrogen) atoms. The number of hydrogen-bond acceptors (Lipinski definition) is 3. The Morgan fingerprint density at radius 2 is 1.54 bits per heavy atom. The Labute approximate surface area is 173 Å². The Morgan fingerprint density at radius 1 is 0.964 bits per heavy atom. The van der Waals surface area contributed by atoms with Gasteiger partial charge >= 0.3 is 5.97 Å². The Kier molecular flexibility index (Phi) is 14.5. The van der Waals surface area contributed by atoms with Crippen molar-refractivity contribution >= 4 is 5.97 Å². The molecule has 0 amide bonds. The maximum absolute atomic E-state index is 11.1. The van der Waals surface area contributed by atoms with Crippen LogP contribution < -0.4 is 0 Å². The van der Waals surface area contributed by atoms with Gasteiger partial charge in [0.05, 0.1) is 33.7 Å². The molecule has 0 radical (unpaired) electrons. The summed E-state index contributed by atoms with van der Waals surface area (Å²) in [4.78, 5) is 11.1. The van der Waals surface area contributed by atoms with E-state index in [0.29, 0.717) is 30.3 Å². The van der Waals surface area contributed by atoms with E-state index >= 15 is 0 Å². The van der Waals surface area contributed by atoms with Crippen molar-refractivity contribution in [1.29, 1.82) is 0 Å². The van der Waals surface area contributed by atoms with Gasteiger partial charge in [-0.2, -0.15) is 0 Å². The van der Waals surface area contributed by atoms with Gasteiger partial charge in [-0.1, -0.05) is 51.2 Å². The van der Waals surface area contributed by atoms with Crippen molar-refractivity contribution in [3.05, 3.63) is 12.2 Å². The van der Waals surface area contributed by atoms with Crippen molar-refractivity contribution in [2.45, 2.75) is 102 Å². The van der Waals surface area contributed by atoms with Crippen LogP contribution in [0.5, 0.6) is 0 Å². The maximum atomic E-state index is 11.1. The topological polar surface area (TPSA) is 77.8 Å². The lowest BCUT2D eigenvalue weighted by Crippen LogP contribution is -2.50. The molecule has 5 nitrogen and oxygen atoms in total. The van der Waals surface area contributed by atoms with E-state index in [-0.39, 0.29) is 6.42 Å². The molecular weight excluding hydrogens is 354 g/mol. The number of allylic oxidation sites excluding steroid dienone is 2. The molecule has 0 aliphatic heterocycles. The number of quaternary nitrogens is 1. The van der Waals surface area contributed by atoms with Crippen molar-refractivity contribution < 1.29 is 24.6 Å². The van der Waals surface area contributed by atoms with Gasteiger partial charge in [0.15, 0.2) is 0 Å². The van der Waals surface area contributed by atoms with E-state index in [1.54, 1.807) is 0 Å². The van der Waals surface area contributed by atoms with Gasteiger partial charge in [-0.15, -0.1) is 0 Å². The van der Waals surface area contributed by atoms with Gasteiger partial charge in [0.2, 0.25) is 0 Å². The molecular formula is C23H46NO4+. The maximum Gasteiger partial charge on any atom is 0.306 e. The van der Waals surface area contributed by atoms with Crippen LogP contribution in [0.25, 0.3) is 0 Å². The molecule has 0 aliphatic carbocycles. The van der Waals surface area contributed by atoms with Crippen LogP contribution in [0.4, 0.5) is 0 Å². The van der Waals surface area contributed by atoms with E-state index in [4.69, 9.17) is 5.11 Å². The van der Waals surface area contributed by atoms with Gasteiger partial charge in [-0.3, -0.25) is 4.79 Å². The number of aliphatic hydroxyl groups is 2. The van der Waals surface area contributed by atoms with E-state index in [2.05, 4.69) is 19.1 Å². The van der Waals surface area contributed by atoms with Crippen LogP contribution in [0.15, 0.2) is 12.2 Å². The minimum Gasteiger partial charge on any atom is -0.481 e. The second-order valence-electron chi connectivity index (χ2n) is 9.39. The zero-order valence-corrected chi connectivity index (χ0v) is 18.8. The number of hydrogen-bond donors (Lipinski definition) is 3. The van der Waals surface area contributed by atoms with Gasteiger partial charge in [0, 0.05) is 0 Å². The highest BCUT2D eigenvalue weighted by Crippen LogP contribution is 2.23. The van der Waals surface area contributed by atoms with Crippen LogP contribution >= 0.6 is 0 Å². The van der Waals surface area contributed by atoms with E-state index < -0.39 is 17.7 Å². The number of aliphatic hydroxyl groups excluding tert-OH is 1. The average Bonchev–Trinajstić information content (AvgIpc) is 2.55. The SMILES string of the molecule is CCCCCC/C=C\CCCCCC(O)CCC(O)(CC(=O)O)C[N+](C)(C)C. The zero-order chi connectivity index (χ0) is 21.5. The molecule has 0 fully saturated rings. The van der Waals surface area contributed by atoms with Crippen LogP contribution in [-0.2, 0) is 4.79 Å². The fraction of sp³-hybridized carbons (Fsp3) is 0.870. The van der Waals surface area contributed by atoms with Gasteiger partial charge in [-0.25, -0.2) is 0 Å². The van der Waals surface area contributed by atoms with E-state index in [1.807, 2.05) is 21.1 Å². The number of unbranched alkanes of at least 4 members (excludes halogenated alkanes) is 7. The normalized spacial score (nSPS) is 15.6. The van der Waals surface area contributed by atoms with Gasteiger partial charge in [0.1, 0.15) is 12.1 Å². The number of carboxylic acids is 1. The number of nitrogens with zero attached hydrogens (tertiary/aromatic N) is 1. The average molecular weight is 401 g/mol. The summed E-state index contributed by atoms with van der Waals surface area (Å²) in [6.07, 6.45) is 16.0. The smallest absolute Gasteiger partial charge is 0.306 e. The molecule has 0 heterocycles.